The van der Waals surface area contributed by atoms with Crippen molar-refractivity contribution in [3.05, 3.63) is 83.7 Å². The van der Waals surface area contributed by atoms with Crippen molar-refractivity contribution in [3.63, 3.8) is 0 Å². The number of benzene rings is 2. The van der Waals surface area contributed by atoms with Gasteiger partial charge < -0.3 is 15.6 Å². The van der Waals surface area contributed by atoms with E-state index < -0.39 is 0 Å². The van der Waals surface area contributed by atoms with Crippen LogP contribution in [0.1, 0.15) is 26.3 Å². The molecule has 2 amide bonds. The molecular formula is C21H21N3O2. The van der Waals surface area contributed by atoms with E-state index in [4.69, 9.17) is 0 Å². The molecule has 3 N–H and O–H groups in total. The molecule has 26 heavy (non-hydrogen) atoms. The number of carbonyl (C=O) groups excluding carboxylic acids is 2. The number of rotatable bonds is 6. The van der Waals surface area contributed by atoms with E-state index >= 15 is 0 Å². The summed E-state index contributed by atoms with van der Waals surface area (Å²) in [6.07, 6.45) is 4.20. The third-order valence-electron chi connectivity index (χ3n) is 4.19. The standard InChI is InChI=1S/C21H21N3O2/c1-22-20(25)17-9-5-6-15(12-17)10-11-24-21(26)19-14-23-13-18(19)16-7-3-2-4-8-16/h2-9,12-14,23H,10-11H2,1H3,(H,22,25)(H,24,26). The highest BCUT2D eigenvalue weighted by molar-refractivity contribution is 6.00. The third kappa shape index (κ3) is 4.00. The Kier molecular flexibility index (Phi) is 5.49. The number of hydrogen-bond donors (Lipinski definition) is 3. The van der Waals surface area contributed by atoms with Crippen LogP contribution in [0.4, 0.5) is 0 Å². The molecule has 1 aromatic heterocycles. The van der Waals surface area contributed by atoms with Crippen LogP contribution < -0.4 is 10.6 Å². The second kappa shape index (κ2) is 8.16. The fourth-order valence-corrected chi connectivity index (χ4v) is 2.84. The highest BCUT2D eigenvalue weighted by atomic mass is 16.2. The molecule has 0 radical (unpaired) electrons. The second-order valence-corrected chi connectivity index (χ2v) is 5.93. The van der Waals surface area contributed by atoms with Crippen molar-refractivity contribution >= 4 is 11.8 Å². The molecule has 2 aromatic carbocycles. The summed E-state index contributed by atoms with van der Waals surface area (Å²) in [6, 6.07) is 17.2. The molecule has 0 aliphatic heterocycles. The zero-order valence-corrected chi connectivity index (χ0v) is 14.6. The highest BCUT2D eigenvalue weighted by Gasteiger charge is 2.13. The molecule has 5 nitrogen and oxygen atoms in total. The van der Waals surface area contributed by atoms with Crippen LogP contribution in [0.2, 0.25) is 0 Å². The lowest BCUT2D eigenvalue weighted by Crippen LogP contribution is -2.26. The molecule has 0 bridgehead atoms. The van der Waals surface area contributed by atoms with E-state index in [0.717, 1.165) is 16.7 Å². The highest BCUT2D eigenvalue weighted by Crippen LogP contribution is 2.23. The van der Waals surface area contributed by atoms with E-state index in [9.17, 15) is 9.59 Å². The lowest BCUT2D eigenvalue weighted by Gasteiger charge is -2.08. The first-order valence-corrected chi connectivity index (χ1v) is 8.50. The molecule has 0 atom stereocenters. The Bertz CT molecular complexity index is 900. The molecule has 1 heterocycles. The van der Waals surface area contributed by atoms with Crippen LogP contribution in [0.5, 0.6) is 0 Å². The Labute approximate surface area is 152 Å². The van der Waals surface area contributed by atoms with Gasteiger partial charge in [-0.15, -0.1) is 0 Å². The van der Waals surface area contributed by atoms with Crippen molar-refractivity contribution in [2.45, 2.75) is 6.42 Å². The monoisotopic (exact) mass is 347 g/mol. The summed E-state index contributed by atoms with van der Waals surface area (Å²) < 4.78 is 0. The molecule has 0 fully saturated rings. The predicted molar refractivity (Wildman–Crippen MR) is 102 cm³/mol. The minimum atomic E-state index is -0.118. The fourth-order valence-electron chi connectivity index (χ4n) is 2.84. The van der Waals surface area contributed by atoms with Gasteiger partial charge in [-0.05, 0) is 29.7 Å². The summed E-state index contributed by atoms with van der Waals surface area (Å²) in [6.45, 7) is 0.495. The van der Waals surface area contributed by atoms with Gasteiger partial charge >= 0.3 is 0 Å². The number of carbonyl (C=O) groups is 2. The van der Waals surface area contributed by atoms with Crippen LogP contribution in [0.15, 0.2) is 67.0 Å². The molecule has 0 aliphatic carbocycles. The molecule has 5 heteroatoms. The smallest absolute Gasteiger partial charge is 0.253 e. The number of amides is 2. The normalized spacial score (nSPS) is 10.3. The van der Waals surface area contributed by atoms with Gasteiger partial charge in [-0.1, -0.05) is 42.5 Å². The maximum Gasteiger partial charge on any atom is 0.253 e. The van der Waals surface area contributed by atoms with Crippen molar-refractivity contribution in [2.75, 3.05) is 13.6 Å². The molecule has 0 aliphatic rings. The second-order valence-electron chi connectivity index (χ2n) is 5.93. The summed E-state index contributed by atoms with van der Waals surface area (Å²) in [7, 11) is 1.61. The van der Waals surface area contributed by atoms with E-state index in [1.807, 2.05) is 54.7 Å². The van der Waals surface area contributed by atoms with E-state index in [0.29, 0.717) is 24.1 Å². The summed E-state index contributed by atoms with van der Waals surface area (Å²) >= 11 is 0. The van der Waals surface area contributed by atoms with Gasteiger partial charge in [0.15, 0.2) is 0 Å². The zero-order valence-electron chi connectivity index (χ0n) is 14.6. The van der Waals surface area contributed by atoms with Gasteiger partial charge in [-0.3, -0.25) is 9.59 Å². The maximum atomic E-state index is 12.5. The van der Waals surface area contributed by atoms with Crippen LogP contribution in [-0.2, 0) is 6.42 Å². The number of aromatic nitrogens is 1. The van der Waals surface area contributed by atoms with Crippen LogP contribution >= 0.6 is 0 Å². The Morgan fingerprint density at radius 1 is 0.962 bits per heavy atom. The predicted octanol–water partition coefficient (Wildman–Crippen LogP) is 3.01. The minimum Gasteiger partial charge on any atom is -0.366 e. The van der Waals surface area contributed by atoms with Gasteiger partial charge in [0, 0.05) is 37.1 Å². The van der Waals surface area contributed by atoms with Crippen molar-refractivity contribution in [1.29, 1.82) is 0 Å². The van der Waals surface area contributed by atoms with Gasteiger partial charge in [0.25, 0.3) is 11.8 Å². The topological polar surface area (TPSA) is 74.0 Å². The fraction of sp³-hybridized carbons (Fsp3) is 0.143. The number of H-pyrrole nitrogens is 1. The van der Waals surface area contributed by atoms with Crippen LogP contribution in [0, 0.1) is 0 Å². The van der Waals surface area contributed by atoms with Crippen molar-refractivity contribution in [1.82, 2.24) is 15.6 Å². The number of nitrogens with one attached hydrogen (secondary N) is 3. The average molecular weight is 347 g/mol. The first-order valence-electron chi connectivity index (χ1n) is 8.50. The zero-order chi connectivity index (χ0) is 18.4. The van der Waals surface area contributed by atoms with Crippen molar-refractivity contribution in [2.24, 2.45) is 0 Å². The van der Waals surface area contributed by atoms with E-state index in [1.165, 1.54) is 0 Å². The molecule has 0 saturated carbocycles. The molecule has 3 aromatic rings. The molecule has 0 spiro atoms. The van der Waals surface area contributed by atoms with Gasteiger partial charge in [0.05, 0.1) is 5.56 Å². The SMILES string of the molecule is CNC(=O)c1cccc(CCNC(=O)c2c[nH]cc2-c2ccccc2)c1. The third-order valence-corrected chi connectivity index (χ3v) is 4.19. The molecule has 132 valence electrons. The van der Waals surface area contributed by atoms with Gasteiger partial charge in [-0.25, -0.2) is 0 Å². The molecule has 0 saturated heterocycles. The van der Waals surface area contributed by atoms with Crippen molar-refractivity contribution in [3.8, 4) is 11.1 Å². The average Bonchev–Trinajstić information content (AvgIpc) is 3.18. The van der Waals surface area contributed by atoms with Crippen molar-refractivity contribution < 1.29 is 9.59 Å². The Morgan fingerprint density at radius 3 is 2.54 bits per heavy atom. The van der Waals surface area contributed by atoms with Gasteiger partial charge in [0.1, 0.15) is 0 Å². The maximum absolute atomic E-state index is 12.5. The Hall–Kier alpha value is -3.34. The Morgan fingerprint density at radius 2 is 1.77 bits per heavy atom. The first kappa shape index (κ1) is 17.5. The first-order chi connectivity index (χ1) is 12.7. The Balaban J connectivity index is 1.62. The molecule has 3 rings (SSSR count). The quantitative estimate of drug-likeness (QED) is 0.641. The van der Waals surface area contributed by atoms with E-state index in [-0.39, 0.29) is 11.8 Å². The van der Waals surface area contributed by atoms with Gasteiger partial charge in [0.2, 0.25) is 0 Å². The lowest BCUT2D eigenvalue weighted by molar-refractivity contribution is 0.0949. The van der Waals surface area contributed by atoms with Crippen LogP contribution in [0.25, 0.3) is 11.1 Å². The number of hydrogen-bond acceptors (Lipinski definition) is 2. The summed E-state index contributed by atoms with van der Waals surface area (Å²) in [4.78, 5) is 27.2. The van der Waals surface area contributed by atoms with Crippen LogP contribution in [-0.4, -0.2) is 30.4 Å². The van der Waals surface area contributed by atoms with Crippen LogP contribution in [0.3, 0.4) is 0 Å². The lowest BCUT2D eigenvalue weighted by atomic mass is 10.0. The molecular weight excluding hydrogens is 326 g/mol. The largest absolute Gasteiger partial charge is 0.366 e. The summed E-state index contributed by atoms with van der Waals surface area (Å²) in [5, 5.41) is 5.56. The van der Waals surface area contributed by atoms with E-state index in [1.54, 1.807) is 19.3 Å². The van der Waals surface area contributed by atoms with Gasteiger partial charge in [-0.2, -0.15) is 0 Å². The summed E-state index contributed by atoms with van der Waals surface area (Å²) in [5.74, 6) is -0.233. The molecule has 0 unspecified atom stereocenters. The van der Waals surface area contributed by atoms with E-state index in [2.05, 4.69) is 15.6 Å². The summed E-state index contributed by atoms with van der Waals surface area (Å²) in [5.41, 5.74) is 4.12. The number of aromatic amines is 1. The minimum absolute atomic E-state index is 0.115.